The predicted octanol–water partition coefficient (Wildman–Crippen LogP) is 3.66. The second-order valence-electron chi connectivity index (χ2n) is 5.82. The fraction of sp³-hybridized carbons (Fsp3) is 0.167. The fourth-order valence-corrected chi connectivity index (χ4v) is 3.30. The summed E-state index contributed by atoms with van der Waals surface area (Å²) in [6.07, 6.45) is 2.33. The number of aryl methyl sites for hydroxylation is 1. The molecule has 2 heterocycles. The molecule has 0 radical (unpaired) electrons. The van der Waals surface area contributed by atoms with Gasteiger partial charge in [0, 0.05) is 41.2 Å². The number of hydrogen-bond acceptors (Lipinski definition) is 2. The number of amides is 1. The first-order valence-corrected chi connectivity index (χ1v) is 7.33. The Bertz CT molecular complexity index is 895. The van der Waals surface area contributed by atoms with E-state index in [-0.39, 0.29) is 17.6 Å². The quantitative estimate of drug-likeness (QED) is 0.641. The standard InChI is InChI=1S/C18H16N2O2/c1-10-7-14-13(8-18(22)20-16(14)9-17(10)21)11-3-2-4-15-12(11)5-6-19-15/h2-7,9,13,19,21H,8H2,1H3,(H,20,22). The molecule has 3 aromatic rings. The molecule has 1 unspecified atom stereocenters. The van der Waals surface area contributed by atoms with Gasteiger partial charge in [-0.1, -0.05) is 12.1 Å². The predicted molar refractivity (Wildman–Crippen MR) is 86.2 cm³/mol. The number of aromatic nitrogens is 1. The number of hydrogen-bond donors (Lipinski definition) is 3. The van der Waals surface area contributed by atoms with Crippen LogP contribution >= 0.6 is 0 Å². The van der Waals surface area contributed by atoms with Crippen LogP contribution in [0.3, 0.4) is 0 Å². The average molecular weight is 292 g/mol. The molecule has 0 fully saturated rings. The van der Waals surface area contributed by atoms with Gasteiger partial charge in [0.05, 0.1) is 0 Å². The van der Waals surface area contributed by atoms with Gasteiger partial charge in [0.1, 0.15) is 5.75 Å². The van der Waals surface area contributed by atoms with E-state index in [0.29, 0.717) is 12.1 Å². The van der Waals surface area contributed by atoms with Crippen LogP contribution in [0.4, 0.5) is 5.69 Å². The zero-order valence-electron chi connectivity index (χ0n) is 12.2. The summed E-state index contributed by atoms with van der Waals surface area (Å²) >= 11 is 0. The van der Waals surface area contributed by atoms with Gasteiger partial charge in [0.15, 0.2) is 0 Å². The van der Waals surface area contributed by atoms with E-state index in [4.69, 9.17) is 0 Å². The molecule has 4 nitrogen and oxygen atoms in total. The molecule has 0 saturated heterocycles. The van der Waals surface area contributed by atoms with Crippen LogP contribution in [-0.2, 0) is 4.79 Å². The van der Waals surface area contributed by atoms with Crippen LogP contribution in [0.25, 0.3) is 10.9 Å². The van der Waals surface area contributed by atoms with Gasteiger partial charge in [0.2, 0.25) is 5.91 Å². The monoisotopic (exact) mass is 292 g/mol. The van der Waals surface area contributed by atoms with Crippen molar-refractivity contribution in [3.63, 3.8) is 0 Å². The SMILES string of the molecule is Cc1cc2c(cc1O)NC(=O)CC2c1cccc2[nH]ccc12. The minimum absolute atomic E-state index is 0.00236. The van der Waals surface area contributed by atoms with Crippen molar-refractivity contribution in [1.82, 2.24) is 4.98 Å². The van der Waals surface area contributed by atoms with Gasteiger partial charge in [-0.2, -0.15) is 0 Å². The first-order valence-electron chi connectivity index (χ1n) is 7.33. The third-order valence-electron chi connectivity index (χ3n) is 4.41. The van der Waals surface area contributed by atoms with Crippen molar-refractivity contribution in [3.8, 4) is 5.75 Å². The first kappa shape index (κ1) is 13.0. The number of carbonyl (C=O) groups excluding carboxylic acids is 1. The van der Waals surface area contributed by atoms with E-state index in [1.54, 1.807) is 6.07 Å². The number of aromatic amines is 1. The average Bonchev–Trinajstić information content (AvgIpc) is 2.96. The maximum absolute atomic E-state index is 12.1. The number of anilines is 1. The van der Waals surface area contributed by atoms with Crippen molar-refractivity contribution in [1.29, 1.82) is 0 Å². The number of benzene rings is 2. The summed E-state index contributed by atoms with van der Waals surface area (Å²) in [7, 11) is 0. The van der Waals surface area contributed by atoms with E-state index in [2.05, 4.69) is 16.4 Å². The molecule has 4 heteroatoms. The molecule has 4 rings (SSSR count). The van der Waals surface area contributed by atoms with Crippen LogP contribution in [0.2, 0.25) is 0 Å². The number of phenols is 1. The van der Waals surface area contributed by atoms with Crippen molar-refractivity contribution in [3.05, 3.63) is 59.3 Å². The van der Waals surface area contributed by atoms with Crippen LogP contribution < -0.4 is 5.32 Å². The number of nitrogens with one attached hydrogen (secondary N) is 2. The van der Waals surface area contributed by atoms with E-state index in [1.807, 2.05) is 37.4 Å². The zero-order valence-corrected chi connectivity index (χ0v) is 12.2. The van der Waals surface area contributed by atoms with Gasteiger partial charge in [-0.05, 0) is 41.8 Å². The van der Waals surface area contributed by atoms with Gasteiger partial charge in [-0.3, -0.25) is 4.79 Å². The molecule has 0 saturated carbocycles. The third-order valence-corrected chi connectivity index (χ3v) is 4.41. The molecule has 3 N–H and O–H groups in total. The molecular weight excluding hydrogens is 276 g/mol. The second-order valence-corrected chi connectivity index (χ2v) is 5.82. The molecule has 1 aliphatic rings. The van der Waals surface area contributed by atoms with Crippen LogP contribution in [0, 0.1) is 6.92 Å². The summed E-state index contributed by atoms with van der Waals surface area (Å²) in [4.78, 5) is 15.3. The van der Waals surface area contributed by atoms with E-state index < -0.39 is 0 Å². The summed E-state index contributed by atoms with van der Waals surface area (Å²) < 4.78 is 0. The molecule has 1 amide bonds. The van der Waals surface area contributed by atoms with E-state index in [1.165, 1.54) is 0 Å². The number of aromatic hydroxyl groups is 1. The maximum atomic E-state index is 12.1. The van der Waals surface area contributed by atoms with E-state index in [0.717, 1.165) is 27.6 Å². The highest BCUT2D eigenvalue weighted by Gasteiger charge is 2.28. The lowest BCUT2D eigenvalue weighted by Crippen LogP contribution is -2.23. The summed E-state index contributed by atoms with van der Waals surface area (Å²) in [5.74, 6) is 0.190. The summed E-state index contributed by atoms with van der Waals surface area (Å²) in [6.45, 7) is 1.87. The highest BCUT2D eigenvalue weighted by Crippen LogP contribution is 2.41. The molecule has 1 aromatic heterocycles. The van der Waals surface area contributed by atoms with Crippen LogP contribution in [0.15, 0.2) is 42.6 Å². The third kappa shape index (κ3) is 1.88. The molecule has 2 aromatic carbocycles. The van der Waals surface area contributed by atoms with Crippen molar-refractivity contribution in [2.24, 2.45) is 0 Å². The largest absolute Gasteiger partial charge is 0.508 e. The Balaban J connectivity index is 1.95. The van der Waals surface area contributed by atoms with E-state index >= 15 is 0 Å². The van der Waals surface area contributed by atoms with Crippen LogP contribution in [-0.4, -0.2) is 16.0 Å². The lowest BCUT2D eigenvalue weighted by molar-refractivity contribution is -0.116. The van der Waals surface area contributed by atoms with Crippen molar-refractivity contribution < 1.29 is 9.90 Å². The molecule has 0 aliphatic carbocycles. The Labute approximate surface area is 127 Å². The lowest BCUT2D eigenvalue weighted by atomic mass is 9.82. The van der Waals surface area contributed by atoms with E-state index in [9.17, 15) is 9.90 Å². The van der Waals surface area contributed by atoms with Crippen LogP contribution in [0.1, 0.15) is 29.0 Å². The minimum Gasteiger partial charge on any atom is -0.508 e. The smallest absolute Gasteiger partial charge is 0.225 e. The van der Waals surface area contributed by atoms with Crippen LogP contribution in [0.5, 0.6) is 5.75 Å². The summed E-state index contributed by atoms with van der Waals surface area (Å²) in [6, 6.07) is 11.8. The topological polar surface area (TPSA) is 65.1 Å². The zero-order chi connectivity index (χ0) is 15.3. The maximum Gasteiger partial charge on any atom is 0.225 e. The lowest BCUT2D eigenvalue weighted by Gasteiger charge is -2.27. The molecule has 22 heavy (non-hydrogen) atoms. The van der Waals surface area contributed by atoms with Gasteiger partial charge in [-0.15, -0.1) is 0 Å². The Hall–Kier alpha value is -2.75. The van der Waals surface area contributed by atoms with Gasteiger partial charge >= 0.3 is 0 Å². The van der Waals surface area contributed by atoms with Crippen molar-refractivity contribution in [2.75, 3.05) is 5.32 Å². The summed E-state index contributed by atoms with van der Waals surface area (Å²) in [5.41, 5.74) is 4.79. The number of carbonyl (C=O) groups is 1. The Morgan fingerprint density at radius 3 is 2.91 bits per heavy atom. The van der Waals surface area contributed by atoms with Gasteiger partial charge in [-0.25, -0.2) is 0 Å². The second kappa shape index (κ2) is 4.63. The minimum atomic E-state index is -0.0201. The van der Waals surface area contributed by atoms with Crippen molar-refractivity contribution in [2.45, 2.75) is 19.3 Å². The number of H-pyrrole nitrogens is 1. The van der Waals surface area contributed by atoms with Crippen molar-refractivity contribution >= 4 is 22.5 Å². The Morgan fingerprint density at radius 2 is 2.05 bits per heavy atom. The summed E-state index contributed by atoms with van der Waals surface area (Å²) in [5, 5.41) is 13.9. The molecular formula is C18H16N2O2. The first-order chi connectivity index (χ1) is 10.6. The number of rotatable bonds is 1. The molecule has 0 spiro atoms. The Morgan fingerprint density at radius 1 is 1.18 bits per heavy atom. The number of fused-ring (bicyclic) bond motifs is 2. The number of phenolic OH excluding ortho intramolecular Hbond substituents is 1. The highest BCUT2D eigenvalue weighted by atomic mass is 16.3. The normalized spacial score (nSPS) is 17.3. The molecule has 0 bridgehead atoms. The van der Waals surface area contributed by atoms with Gasteiger partial charge in [0.25, 0.3) is 0 Å². The highest BCUT2D eigenvalue weighted by molar-refractivity contribution is 5.97. The molecule has 1 atom stereocenters. The molecule has 110 valence electrons. The fourth-order valence-electron chi connectivity index (χ4n) is 3.30. The van der Waals surface area contributed by atoms with Gasteiger partial charge < -0.3 is 15.4 Å². The Kier molecular flexibility index (Phi) is 2.73. The molecule has 1 aliphatic heterocycles.